The van der Waals surface area contributed by atoms with Crippen LogP contribution in [0.15, 0.2) is 45.6 Å². The van der Waals surface area contributed by atoms with Crippen LogP contribution in [0, 0.1) is 5.92 Å². The van der Waals surface area contributed by atoms with Crippen LogP contribution >= 0.6 is 31.3 Å². The van der Waals surface area contributed by atoms with Crippen LogP contribution in [0.1, 0.15) is 25.1 Å². The van der Waals surface area contributed by atoms with Gasteiger partial charge in [0, 0.05) is 46.1 Å². The molecule has 0 aromatic carbocycles. The molecule has 5 aromatic rings. The first-order chi connectivity index (χ1) is 35.8. The lowest BCUT2D eigenvalue weighted by Gasteiger charge is -2.31. The fourth-order valence-electron chi connectivity index (χ4n) is 8.64. The molecular weight excluding hydrogens is 1110 g/mol. The molecule has 3 fully saturated rings. The summed E-state index contributed by atoms with van der Waals surface area (Å²) in [6.07, 6.45) is -13.2. The molecule has 0 amide bonds. The summed E-state index contributed by atoms with van der Waals surface area (Å²) < 4.78 is 115. The lowest BCUT2D eigenvalue weighted by molar-refractivity contribution is -0.745. The van der Waals surface area contributed by atoms with Gasteiger partial charge in [-0.05, 0) is 6.42 Å². The fraction of sp³-hybridized carbons (Fsp3) is 0.600. The van der Waals surface area contributed by atoms with E-state index in [0.717, 1.165) is 30.3 Å². The number of hydrogen-bond donors (Lipinski definition) is 10. The highest BCUT2D eigenvalue weighted by atomic mass is 31.3. The predicted octanol–water partition coefficient (Wildman–Crippen LogP) is -3.76. The van der Waals surface area contributed by atoms with Crippen molar-refractivity contribution in [3.63, 3.8) is 0 Å². The second-order valence-corrected chi connectivity index (χ2v) is 22.9. The number of anilines is 2. The predicted molar refractivity (Wildman–Crippen MR) is 245 cm³/mol. The zero-order valence-electron chi connectivity index (χ0n) is 39.7. The van der Waals surface area contributed by atoms with Crippen molar-refractivity contribution in [2.45, 2.75) is 73.9 Å². The first kappa shape index (κ1) is 57.6. The van der Waals surface area contributed by atoms with Crippen LogP contribution in [-0.2, 0) is 75.7 Å². The maximum absolute atomic E-state index is 13.5. The molecular formula is C35H50N12O25P4. The lowest BCUT2D eigenvalue weighted by Crippen LogP contribution is -2.45. The van der Waals surface area contributed by atoms with Gasteiger partial charge >= 0.3 is 34.8 Å². The number of nitrogens with zero attached hydrogens (tertiary/aromatic N) is 8. The molecule has 37 nitrogen and oxygen atoms in total. The number of aliphatic hydroxyl groups is 3. The van der Waals surface area contributed by atoms with E-state index in [1.165, 1.54) is 47.6 Å². The van der Waals surface area contributed by atoms with Gasteiger partial charge in [0.15, 0.2) is 30.2 Å². The number of nitrogens with two attached hydrogens (primary N) is 1. The molecule has 0 bridgehead atoms. The Morgan fingerprint density at radius 3 is 2.17 bits per heavy atom. The molecule has 0 radical (unpaired) electrons. The van der Waals surface area contributed by atoms with Crippen LogP contribution in [-0.4, -0.2) is 170 Å². The number of H-pyrrole nitrogens is 2. The van der Waals surface area contributed by atoms with Crippen molar-refractivity contribution in [2.75, 3.05) is 58.7 Å². The van der Waals surface area contributed by atoms with Gasteiger partial charge in [0.05, 0.1) is 39.3 Å². The third-order valence-corrected chi connectivity index (χ3v) is 17.2. The van der Waals surface area contributed by atoms with E-state index in [-0.39, 0.29) is 47.1 Å². The topological polar surface area (TPSA) is 505 Å². The SMILES string of the molecule is CNc1ncnc2c1ncn2[C@@H]1O[C@H](COP(=O)(O)OP(=O)(O)OP(=O)(O)OC[C@H]2O[C@@H]([n+]3cn(C)c4c(=O)[nH]c(N)nc43)[C@H](O)[C@@H]2CCOC)[C@@H](OP(=O)([O-])OC[C@H]2O[C@@H](n3ccc(=O)[nH]c3=O)[C@H](O)[C@@H]2O)[C@H]1OC. The van der Waals surface area contributed by atoms with E-state index < -0.39 is 141 Å². The summed E-state index contributed by atoms with van der Waals surface area (Å²) in [5.41, 5.74) is 3.60. The van der Waals surface area contributed by atoms with E-state index in [0.29, 0.717) is 0 Å². The lowest BCUT2D eigenvalue weighted by atomic mass is 9.95. The summed E-state index contributed by atoms with van der Waals surface area (Å²) in [5.74, 6) is -0.958. The number of phosphoric ester groups is 3. The monoisotopic (exact) mass is 1160 g/mol. The number of aliphatic hydroxyl groups excluding tert-OH is 3. The van der Waals surface area contributed by atoms with Gasteiger partial charge in [-0.1, -0.05) is 4.98 Å². The number of imidazole rings is 2. The Balaban J connectivity index is 0.948. The number of aryl methyl sites for hydroxylation is 1. The molecule has 41 heteroatoms. The Morgan fingerprint density at radius 1 is 0.842 bits per heavy atom. The molecule has 3 saturated heterocycles. The number of phosphoric acid groups is 4. The minimum atomic E-state index is -6.18. The van der Waals surface area contributed by atoms with Gasteiger partial charge < -0.3 is 78.7 Å². The molecule has 0 aliphatic carbocycles. The van der Waals surface area contributed by atoms with Crippen LogP contribution in [0.3, 0.4) is 0 Å². The first-order valence-electron chi connectivity index (χ1n) is 22.1. The van der Waals surface area contributed by atoms with Gasteiger partial charge in [-0.2, -0.15) is 8.62 Å². The second-order valence-electron chi connectivity index (χ2n) is 16.9. The van der Waals surface area contributed by atoms with Crippen molar-refractivity contribution >= 4 is 65.4 Å². The number of aromatic nitrogens is 10. The van der Waals surface area contributed by atoms with Crippen molar-refractivity contribution in [1.29, 1.82) is 0 Å². The van der Waals surface area contributed by atoms with Crippen LogP contribution in [0.4, 0.5) is 11.8 Å². The summed E-state index contributed by atoms with van der Waals surface area (Å²) in [7, 11) is -18.1. The quantitative estimate of drug-likeness (QED) is 0.0222. The molecule has 76 heavy (non-hydrogen) atoms. The minimum absolute atomic E-state index is 0.00858. The van der Waals surface area contributed by atoms with Crippen LogP contribution in [0.2, 0.25) is 0 Å². The van der Waals surface area contributed by atoms with E-state index in [2.05, 4.69) is 38.9 Å². The van der Waals surface area contributed by atoms with Gasteiger partial charge in [-0.15, -0.1) is 0 Å². The van der Waals surface area contributed by atoms with Crippen LogP contribution < -0.4 is 37.3 Å². The third-order valence-electron chi connectivity index (χ3n) is 12.0. The highest BCUT2D eigenvalue weighted by Crippen LogP contribution is 2.68. The normalized spacial score (nSPS) is 30.1. The van der Waals surface area contributed by atoms with Gasteiger partial charge in [-0.3, -0.25) is 46.9 Å². The zero-order valence-corrected chi connectivity index (χ0v) is 43.3. The average Bonchev–Trinajstić information content (AvgIpc) is 4.14. The Bertz CT molecular complexity index is 3300. The van der Waals surface area contributed by atoms with Crippen LogP contribution in [0.25, 0.3) is 22.3 Å². The number of hydrogen-bond acceptors (Lipinski definition) is 28. The molecule has 0 spiro atoms. The van der Waals surface area contributed by atoms with Crippen molar-refractivity contribution in [1.82, 2.24) is 43.6 Å². The Morgan fingerprint density at radius 2 is 1.51 bits per heavy atom. The van der Waals surface area contributed by atoms with E-state index >= 15 is 0 Å². The van der Waals surface area contributed by atoms with Gasteiger partial charge in [-0.25, -0.2) is 38.0 Å². The number of fused-ring (bicyclic) bond motifs is 2. The number of nitrogen functional groups attached to an aromatic ring is 1. The van der Waals surface area contributed by atoms with Crippen molar-refractivity contribution < 1.29 is 108 Å². The molecule has 8 rings (SSSR count). The maximum Gasteiger partial charge on any atom is 0.490 e. The molecule has 0 saturated carbocycles. The number of nitrogens with one attached hydrogen (secondary N) is 3. The molecule has 420 valence electrons. The van der Waals surface area contributed by atoms with E-state index in [9.17, 15) is 67.5 Å². The first-order valence-corrected chi connectivity index (χ1v) is 28.0. The van der Waals surface area contributed by atoms with Gasteiger partial charge in [0.1, 0.15) is 54.6 Å². The van der Waals surface area contributed by atoms with E-state index in [1.807, 2.05) is 4.98 Å². The fourth-order valence-corrected chi connectivity index (χ4v) is 13.1. The van der Waals surface area contributed by atoms with Crippen molar-refractivity contribution in [3.8, 4) is 0 Å². The van der Waals surface area contributed by atoms with Gasteiger partial charge in [0.2, 0.25) is 11.7 Å². The van der Waals surface area contributed by atoms with E-state index in [4.69, 9.17) is 47.5 Å². The molecule has 3 aliphatic heterocycles. The molecule has 3 aliphatic rings. The summed E-state index contributed by atoms with van der Waals surface area (Å²) >= 11 is 0. The maximum atomic E-state index is 13.5. The third kappa shape index (κ3) is 12.3. The number of rotatable bonds is 23. The van der Waals surface area contributed by atoms with Crippen molar-refractivity contribution in [3.05, 3.63) is 62.4 Å². The molecule has 4 unspecified atom stereocenters. The summed E-state index contributed by atoms with van der Waals surface area (Å²) in [5, 5.41) is 35.5. The number of methoxy groups -OCH3 is 2. The second kappa shape index (κ2) is 22.6. The summed E-state index contributed by atoms with van der Waals surface area (Å²) in [6, 6.07) is 0.921. The summed E-state index contributed by atoms with van der Waals surface area (Å²) in [4.78, 5) is 103. The smallest absolute Gasteiger partial charge is 0.490 e. The Kier molecular flexibility index (Phi) is 17.1. The number of ether oxygens (including phenoxy) is 5. The molecule has 8 heterocycles. The largest absolute Gasteiger partial charge is 0.756 e. The molecule has 11 N–H and O–H groups in total. The standard InChI is InChI=1S/C35H50N12O25P4/c1-37-27-20-28(39-12-38-27)46(13-40-20)33-26(63-4)25(70-73(54,55)64-10-17-23(50)24(51)32(68-17)45-7-5-19(48)41-35(45)53)18(69-33)11-66-75(58,59)72-76(60,61)71-74(56,57)65-9-16-15(6-8-62-3)22(49)31(67-16)47-14-44(2)21-29(47)42-34(36)43-30(21)52/h5,7,12-18,22-26,31-33,49-51H,6,8-11H2,1-4H3,(H8-,36,37,38,39,41,42,43,48,52,53,54,55,56,57,58,59,60,61)/t15-,16-,17-,18-,22-,23-,24-,25-,26-,31-,32-,33-/m1/s1. The Hall–Kier alpha value is -4.62. The molecule has 5 aromatic heterocycles. The van der Waals surface area contributed by atoms with Gasteiger partial charge in [0.25, 0.3) is 24.9 Å². The highest BCUT2D eigenvalue weighted by Gasteiger charge is 2.53. The highest BCUT2D eigenvalue weighted by molar-refractivity contribution is 7.66. The zero-order chi connectivity index (χ0) is 55.2. The van der Waals surface area contributed by atoms with Crippen LogP contribution in [0.5, 0.6) is 0 Å². The average molecular weight is 1160 g/mol. The minimum Gasteiger partial charge on any atom is -0.756 e. The van der Waals surface area contributed by atoms with Crippen molar-refractivity contribution in [2.24, 2.45) is 13.0 Å². The number of aromatic amines is 2. The summed E-state index contributed by atoms with van der Waals surface area (Å²) in [6.45, 7) is -3.24. The Labute approximate surface area is 424 Å². The molecule has 16 atom stereocenters. The van der Waals surface area contributed by atoms with E-state index in [1.54, 1.807) is 0 Å².